The number of hydrogen-bond acceptors (Lipinski definition) is 7. The zero-order valence-electron chi connectivity index (χ0n) is 22.9. The van der Waals surface area contributed by atoms with E-state index in [1.165, 1.54) is 11.3 Å². The van der Waals surface area contributed by atoms with Crippen LogP contribution in [0.5, 0.6) is 0 Å². The molecular weight excluding hydrogens is 516 g/mol. The Kier molecular flexibility index (Phi) is 10.4. The molecule has 0 spiro atoms. The van der Waals surface area contributed by atoms with Gasteiger partial charge in [0.15, 0.2) is 0 Å². The summed E-state index contributed by atoms with van der Waals surface area (Å²) in [7, 11) is 4.00. The van der Waals surface area contributed by atoms with Gasteiger partial charge in [0.2, 0.25) is 0 Å². The van der Waals surface area contributed by atoms with Crippen molar-refractivity contribution in [3.05, 3.63) is 71.4 Å². The number of nitrogens with zero attached hydrogens (tertiary/aromatic N) is 2. The number of benzene rings is 1. The second kappa shape index (κ2) is 13.7. The molecule has 4 N–H and O–H groups in total. The highest BCUT2D eigenvalue weighted by molar-refractivity contribution is 7.14. The minimum absolute atomic E-state index is 0.195. The van der Waals surface area contributed by atoms with Crippen molar-refractivity contribution in [2.75, 3.05) is 36.6 Å². The molecule has 11 heteroatoms. The summed E-state index contributed by atoms with van der Waals surface area (Å²) in [5.74, 6) is -0.437. The summed E-state index contributed by atoms with van der Waals surface area (Å²) in [5.41, 5.74) is 1.14. The highest BCUT2D eigenvalue weighted by Crippen LogP contribution is 2.24. The van der Waals surface area contributed by atoms with Crippen LogP contribution in [-0.4, -0.2) is 54.2 Å². The largest absolute Gasteiger partial charge is 0.444 e. The van der Waals surface area contributed by atoms with Crippen molar-refractivity contribution in [3.8, 4) is 0 Å². The SMILES string of the molecule is CN(C)CCCC(NC(=O)Nc1cccs1)c1ccc(C(=O)Nc2ccccc2NC(=O)OC(C)(C)C)nc1. The number of rotatable bonds is 10. The molecule has 0 aliphatic carbocycles. The summed E-state index contributed by atoms with van der Waals surface area (Å²) >= 11 is 1.44. The van der Waals surface area contributed by atoms with Crippen molar-refractivity contribution in [1.82, 2.24) is 15.2 Å². The first-order valence-corrected chi connectivity index (χ1v) is 13.5. The summed E-state index contributed by atoms with van der Waals surface area (Å²) in [5, 5.41) is 14.0. The maximum Gasteiger partial charge on any atom is 0.412 e. The van der Waals surface area contributed by atoms with Gasteiger partial charge in [-0.25, -0.2) is 9.59 Å². The van der Waals surface area contributed by atoms with Crippen LogP contribution in [0, 0.1) is 0 Å². The number of para-hydroxylation sites is 2. The molecule has 3 rings (SSSR count). The maximum atomic E-state index is 13.0. The first-order chi connectivity index (χ1) is 18.5. The molecule has 208 valence electrons. The highest BCUT2D eigenvalue weighted by atomic mass is 32.1. The Bertz CT molecular complexity index is 1240. The summed E-state index contributed by atoms with van der Waals surface area (Å²) < 4.78 is 5.31. The van der Waals surface area contributed by atoms with E-state index >= 15 is 0 Å². The number of nitrogens with one attached hydrogen (secondary N) is 4. The van der Waals surface area contributed by atoms with Gasteiger partial charge in [0.25, 0.3) is 5.91 Å². The van der Waals surface area contributed by atoms with Crippen LogP contribution in [0.3, 0.4) is 0 Å². The minimum Gasteiger partial charge on any atom is -0.444 e. The van der Waals surface area contributed by atoms with Crippen molar-refractivity contribution in [2.45, 2.75) is 45.3 Å². The number of pyridine rings is 1. The summed E-state index contributed by atoms with van der Waals surface area (Å²) in [6, 6.07) is 13.4. The Morgan fingerprint density at radius 2 is 1.69 bits per heavy atom. The van der Waals surface area contributed by atoms with E-state index in [4.69, 9.17) is 4.74 Å². The van der Waals surface area contributed by atoms with Gasteiger partial charge in [0.1, 0.15) is 11.3 Å². The van der Waals surface area contributed by atoms with Crippen molar-refractivity contribution >= 4 is 45.7 Å². The smallest absolute Gasteiger partial charge is 0.412 e. The zero-order chi connectivity index (χ0) is 28.4. The van der Waals surface area contributed by atoms with Crippen LogP contribution >= 0.6 is 11.3 Å². The average molecular weight is 553 g/mol. The third-order valence-corrected chi connectivity index (χ3v) is 6.18. The Labute approximate surface area is 233 Å². The standard InChI is InChI=1S/C28H36N6O4S/c1-28(2,3)38-27(37)32-22-11-7-6-10-21(22)30-25(35)23-15-14-19(18-29-23)20(12-8-16-34(4)5)31-26(36)33-24-13-9-17-39-24/h6-7,9-11,13-15,17-18,20H,8,12,16H2,1-5H3,(H,30,35)(H,32,37)(H2,31,33,36). The number of hydrogen-bond donors (Lipinski definition) is 4. The third kappa shape index (κ3) is 10.0. The molecular formula is C28H36N6O4S. The molecule has 39 heavy (non-hydrogen) atoms. The first kappa shape index (κ1) is 29.6. The van der Waals surface area contributed by atoms with Gasteiger partial charge in [-0.05, 0) is 95.5 Å². The van der Waals surface area contributed by atoms with Crippen LogP contribution in [0.1, 0.15) is 55.7 Å². The second-order valence-corrected chi connectivity index (χ2v) is 11.1. The van der Waals surface area contributed by atoms with Crippen LogP contribution in [0.4, 0.5) is 26.0 Å². The molecule has 3 aromatic rings. The molecule has 1 unspecified atom stereocenters. The highest BCUT2D eigenvalue weighted by Gasteiger charge is 2.19. The molecule has 0 aliphatic rings. The number of aromatic nitrogens is 1. The van der Waals surface area contributed by atoms with E-state index in [0.29, 0.717) is 17.8 Å². The summed E-state index contributed by atoms with van der Waals surface area (Å²) in [4.78, 5) is 44.2. The van der Waals surface area contributed by atoms with Crippen LogP contribution < -0.4 is 21.3 Å². The average Bonchev–Trinajstić information content (AvgIpc) is 3.36. The second-order valence-electron chi connectivity index (χ2n) is 10.2. The maximum absolute atomic E-state index is 13.0. The van der Waals surface area contributed by atoms with E-state index in [0.717, 1.165) is 23.5 Å². The Morgan fingerprint density at radius 1 is 0.974 bits per heavy atom. The van der Waals surface area contributed by atoms with E-state index in [1.54, 1.807) is 63.4 Å². The van der Waals surface area contributed by atoms with Crippen LogP contribution in [-0.2, 0) is 4.74 Å². The van der Waals surface area contributed by atoms with Crippen LogP contribution in [0.25, 0.3) is 0 Å². The molecule has 0 aliphatic heterocycles. The number of ether oxygens (including phenoxy) is 1. The number of amides is 4. The molecule has 0 saturated heterocycles. The zero-order valence-corrected chi connectivity index (χ0v) is 23.7. The number of anilines is 3. The number of thiophene rings is 1. The molecule has 4 amide bonds. The lowest BCUT2D eigenvalue weighted by atomic mass is 10.0. The molecule has 0 fully saturated rings. The Balaban J connectivity index is 1.68. The van der Waals surface area contributed by atoms with Crippen molar-refractivity contribution in [1.29, 1.82) is 0 Å². The van der Waals surface area contributed by atoms with E-state index < -0.39 is 17.6 Å². The summed E-state index contributed by atoms with van der Waals surface area (Å²) in [6.45, 7) is 6.19. The molecule has 2 heterocycles. The number of carbonyl (C=O) groups is 3. The van der Waals surface area contributed by atoms with Gasteiger partial charge in [-0.3, -0.25) is 20.4 Å². The van der Waals surface area contributed by atoms with E-state index in [2.05, 4.69) is 31.2 Å². The molecule has 10 nitrogen and oxygen atoms in total. The van der Waals surface area contributed by atoms with Gasteiger partial charge >= 0.3 is 12.1 Å². The van der Waals surface area contributed by atoms with Gasteiger partial charge in [0, 0.05) is 6.20 Å². The van der Waals surface area contributed by atoms with Gasteiger partial charge in [-0.15, -0.1) is 11.3 Å². The van der Waals surface area contributed by atoms with Crippen LogP contribution in [0.2, 0.25) is 0 Å². The Morgan fingerprint density at radius 3 is 2.28 bits per heavy atom. The first-order valence-electron chi connectivity index (χ1n) is 12.6. The van der Waals surface area contributed by atoms with Crippen molar-refractivity contribution in [3.63, 3.8) is 0 Å². The van der Waals surface area contributed by atoms with Gasteiger partial charge < -0.3 is 20.3 Å². The van der Waals surface area contributed by atoms with Gasteiger partial charge in [-0.2, -0.15) is 0 Å². The molecule has 1 atom stereocenters. The lowest BCUT2D eigenvalue weighted by molar-refractivity contribution is 0.0635. The molecule has 1 aromatic carbocycles. The lowest BCUT2D eigenvalue weighted by Crippen LogP contribution is -2.33. The van der Waals surface area contributed by atoms with Crippen molar-refractivity contribution in [2.24, 2.45) is 0 Å². The van der Waals surface area contributed by atoms with Gasteiger partial charge in [0.05, 0.1) is 22.4 Å². The fraction of sp³-hybridized carbons (Fsp3) is 0.357. The number of carbonyl (C=O) groups excluding carboxylic acids is 3. The quantitative estimate of drug-likeness (QED) is 0.246. The van der Waals surface area contributed by atoms with E-state index in [9.17, 15) is 14.4 Å². The minimum atomic E-state index is -0.655. The predicted octanol–water partition coefficient (Wildman–Crippen LogP) is 5.95. The monoisotopic (exact) mass is 552 g/mol. The number of urea groups is 1. The van der Waals surface area contributed by atoms with Crippen molar-refractivity contribution < 1.29 is 19.1 Å². The van der Waals surface area contributed by atoms with Crippen LogP contribution in [0.15, 0.2) is 60.1 Å². The molecule has 0 radical (unpaired) electrons. The molecule has 0 saturated carbocycles. The lowest BCUT2D eigenvalue weighted by Gasteiger charge is -2.21. The Hall–Kier alpha value is -3.96. The summed E-state index contributed by atoms with van der Waals surface area (Å²) in [6.07, 6.45) is 2.54. The molecule has 0 bridgehead atoms. The molecule has 2 aromatic heterocycles. The normalized spacial score (nSPS) is 11.9. The fourth-order valence-electron chi connectivity index (χ4n) is 3.64. The fourth-order valence-corrected chi connectivity index (χ4v) is 4.25. The van der Waals surface area contributed by atoms with E-state index in [-0.39, 0.29) is 17.8 Å². The third-order valence-electron chi connectivity index (χ3n) is 5.39. The van der Waals surface area contributed by atoms with Gasteiger partial charge in [-0.1, -0.05) is 18.2 Å². The predicted molar refractivity (Wildman–Crippen MR) is 155 cm³/mol. The topological polar surface area (TPSA) is 125 Å². The van der Waals surface area contributed by atoms with E-state index in [1.807, 2.05) is 31.6 Å².